The van der Waals surface area contributed by atoms with E-state index >= 15 is 0 Å². The van der Waals surface area contributed by atoms with Gasteiger partial charge in [0.25, 0.3) is 0 Å². The SMILES string of the molecule is [InH3].[Nb].[O]=[GaH].[SnH2]. The van der Waals surface area contributed by atoms with Crippen LogP contribution < -0.4 is 0 Å². The molecule has 0 atom stereocenters. The van der Waals surface area contributed by atoms with E-state index in [1.807, 2.05) is 0 Å². The Kier molecular flexibility index (Phi) is 144. The van der Waals surface area contributed by atoms with Gasteiger partial charge in [-0.3, -0.25) is 0 Å². The van der Waals surface area contributed by atoms with Crippen LogP contribution in [0.4, 0.5) is 0 Å². The Morgan fingerprint density at radius 2 is 1.20 bits per heavy atom. The van der Waals surface area contributed by atoms with E-state index in [1.54, 1.807) is 0 Å². The Morgan fingerprint density at radius 1 is 1.20 bits per heavy atom. The molecule has 5 heavy (non-hydrogen) atoms. The molecular weight excluding hydrogens is 412 g/mol. The van der Waals surface area contributed by atoms with Crippen molar-refractivity contribution in [2.24, 2.45) is 0 Å². The molecule has 0 unspecified atom stereocenters. The summed E-state index contributed by atoms with van der Waals surface area (Å²) in [4.78, 5) is 0. The van der Waals surface area contributed by atoms with Gasteiger partial charge in [0.2, 0.25) is 0 Å². The van der Waals surface area contributed by atoms with Crippen molar-refractivity contribution in [3.05, 3.63) is 0 Å². The van der Waals surface area contributed by atoms with Crippen LogP contribution in [0.2, 0.25) is 0 Å². The first-order chi connectivity index (χ1) is 1.00. The molecule has 0 saturated heterocycles. The first kappa shape index (κ1) is 24.9. The van der Waals surface area contributed by atoms with Crippen molar-refractivity contribution in [1.82, 2.24) is 0 Å². The minimum absolute atomic E-state index is 0. The Balaban J connectivity index is -0.00000000167. The average Bonchev–Trinajstić information content (AvgIpc) is 1.00. The molecule has 0 N–H and O–H groups in total. The Hall–Kier alpha value is 2.85. The molecule has 0 aromatic heterocycles. The molecule has 0 fully saturated rings. The summed E-state index contributed by atoms with van der Waals surface area (Å²) in [7, 11) is 0. The summed E-state index contributed by atoms with van der Waals surface area (Å²) in [6.45, 7) is 0. The van der Waals surface area contributed by atoms with Gasteiger partial charge in [-0.1, -0.05) is 0 Å². The van der Waals surface area contributed by atoms with Crippen LogP contribution in [0.1, 0.15) is 0 Å². The molecule has 0 aliphatic carbocycles. The Morgan fingerprint density at radius 3 is 1.20 bits per heavy atom. The second-order valence-corrected chi connectivity index (χ2v) is 0. The molecule has 0 aliphatic heterocycles. The molecule has 0 aliphatic rings. The molecule has 0 aromatic rings. The summed E-state index contributed by atoms with van der Waals surface area (Å²) >= 11 is 0.125. The average molecular weight is 418 g/mol. The van der Waals surface area contributed by atoms with Crippen LogP contribution in [0.25, 0.3) is 0 Å². The van der Waals surface area contributed by atoms with Crippen molar-refractivity contribution in [2.45, 2.75) is 0 Å². The summed E-state index contributed by atoms with van der Waals surface area (Å²) in [5, 5.41) is 0. The van der Waals surface area contributed by atoms with Gasteiger partial charge in [0.05, 0.1) is 0 Å². The fourth-order valence-corrected chi connectivity index (χ4v) is 0. The number of hydrogen-bond donors (Lipinski definition) is 0. The molecule has 0 spiro atoms. The molecule has 1 nitrogen and oxygen atoms in total. The maximum atomic E-state index is 8.38. The second-order valence-electron chi connectivity index (χ2n) is 0. The monoisotopic (exact) mass is 419 g/mol. The van der Waals surface area contributed by atoms with Gasteiger partial charge in [-0.15, -0.1) is 0 Å². The first-order valence-corrected chi connectivity index (χ1v) is 1.50. The number of hydrogen-bond acceptors (Lipinski definition) is 1. The van der Waals surface area contributed by atoms with Gasteiger partial charge in [-0.25, -0.2) is 0 Å². The zero-order valence-corrected chi connectivity index (χ0v) is 11.5. The van der Waals surface area contributed by atoms with Crippen LogP contribution in [-0.2, 0) is 25.9 Å². The molecule has 3 radical (unpaired) electrons. The Bertz CT molecular complexity index is 11.6. The molecule has 0 bridgehead atoms. The fraction of sp³-hybridized carbons (Fsp3) is 0. The third kappa shape index (κ3) is 19.9. The summed E-state index contributed by atoms with van der Waals surface area (Å²) in [6, 6.07) is 0. The molecule has 5 heteroatoms. The van der Waals surface area contributed by atoms with Gasteiger partial charge < -0.3 is 0 Å². The molecule has 0 rings (SSSR count). The van der Waals surface area contributed by atoms with Gasteiger partial charge in [-0.05, 0) is 0 Å². The first-order valence-electron chi connectivity index (χ1n) is 0.289. The molecular formula is H6GaInNbOSn. The van der Waals surface area contributed by atoms with E-state index in [-0.39, 0.29) is 90.7 Å². The van der Waals surface area contributed by atoms with E-state index in [9.17, 15) is 0 Å². The van der Waals surface area contributed by atoms with Gasteiger partial charge >= 0.3 is 71.8 Å². The zero-order chi connectivity index (χ0) is 2.00. The Labute approximate surface area is 92.5 Å². The van der Waals surface area contributed by atoms with E-state index in [1.165, 1.54) is 0 Å². The molecule has 27 valence electrons. The van der Waals surface area contributed by atoms with E-state index in [4.69, 9.17) is 3.54 Å². The predicted molar refractivity (Wildman–Crippen MR) is 26.3 cm³/mol. The van der Waals surface area contributed by atoms with Crippen molar-refractivity contribution >= 4 is 68.3 Å². The van der Waals surface area contributed by atoms with Crippen molar-refractivity contribution in [2.75, 3.05) is 0 Å². The summed E-state index contributed by atoms with van der Waals surface area (Å²) in [6.07, 6.45) is 0. The third-order valence-electron chi connectivity index (χ3n) is 0. The van der Waals surface area contributed by atoms with Crippen LogP contribution in [0.3, 0.4) is 0 Å². The third-order valence-corrected chi connectivity index (χ3v) is 0. The zero-order valence-electron chi connectivity index (χ0n) is 2.27. The van der Waals surface area contributed by atoms with Crippen molar-refractivity contribution in [3.63, 3.8) is 0 Å². The molecule has 0 saturated carbocycles. The number of rotatable bonds is 0. The van der Waals surface area contributed by atoms with Crippen LogP contribution in [0.15, 0.2) is 0 Å². The van der Waals surface area contributed by atoms with E-state index in [2.05, 4.69) is 0 Å². The normalized spacial score (nSPS) is 0.600. The van der Waals surface area contributed by atoms with Crippen molar-refractivity contribution < 1.29 is 25.9 Å². The fourth-order valence-electron chi connectivity index (χ4n) is 0. The van der Waals surface area contributed by atoms with E-state index < -0.39 is 0 Å². The van der Waals surface area contributed by atoms with Gasteiger partial charge in [0, 0.05) is 22.4 Å². The van der Waals surface area contributed by atoms with Gasteiger partial charge in [0.15, 0.2) is 0 Å². The van der Waals surface area contributed by atoms with Crippen LogP contribution in [0, 0.1) is 0 Å². The minimum atomic E-state index is 0. The van der Waals surface area contributed by atoms with Gasteiger partial charge in [0.1, 0.15) is 0 Å². The van der Waals surface area contributed by atoms with Crippen LogP contribution >= 0.6 is 0 Å². The van der Waals surface area contributed by atoms with Crippen molar-refractivity contribution in [1.29, 1.82) is 0 Å². The van der Waals surface area contributed by atoms with Crippen LogP contribution in [0.5, 0.6) is 0 Å². The van der Waals surface area contributed by atoms with Crippen molar-refractivity contribution in [3.8, 4) is 0 Å². The van der Waals surface area contributed by atoms with E-state index in [0.29, 0.717) is 0 Å². The molecule has 0 amide bonds. The quantitative estimate of drug-likeness (QED) is 0.387. The topological polar surface area (TPSA) is 17.1 Å². The standard InChI is InChI=1S/Ga.In.Nb.O.Sn.6H. The molecule has 0 heterocycles. The predicted octanol–water partition coefficient (Wildman–Crippen LogP) is -2.87. The maximum absolute atomic E-state index is 8.38. The second kappa shape index (κ2) is 28.9. The van der Waals surface area contributed by atoms with E-state index in [0.717, 1.165) is 0 Å². The molecule has 0 aromatic carbocycles. The summed E-state index contributed by atoms with van der Waals surface area (Å²) < 4.78 is 8.38. The summed E-state index contributed by atoms with van der Waals surface area (Å²) in [5.74, 6) is 0. The summed E-state index contributed by atoms with van der Waals surface area (Å²) in [5.41, 5.74) is 0. The van der Waals surface area contributed by atoms with Gasteiger partial charge in [-0.2, -0.15) is 0 Å². The van der Waals surface area contributed by atoms with Crippen LogP contribution in [-0.4, -0.2) is 68.3 Å².